The maximum atomic E-state index is 10.1. The number of phenols is 1. The molecule has 7 heteroatoms. The van der Waals surface area contributed by atoms with Crippen molar-refractivity contribution in [2.75, 3.05) is 77.9 Å². The Balaban J connectivity index is 1.60. The van der Waals surface area contributed by atoms with Crippen LogP contribution in [0.25, 0.3) is 0 Å². The maximum Gasteiger partial charge on any atom is 0.194 e. The fourth-order valence-electron chi connectivity index (χ4n) is 3.81. The number of aromatic hydroxyl groups is 1. The number of guanidine groups is 1. The van der Waals surface area contributed by atoms with Gasteiger partial charge in [-0.25, -0.2) is 0 Å². The average molecular weight is 375 g/mol. The van der Waals surface area contributed by atoms with Crippen molar-refractivity contribution in [2.45, 2.75) is 13.0 Å². The molecule has 0 bridgehead atoms. The molecule has 1 atom stereocenters. The van der Waals surface area contributed by atoms with Crippen molar-refractivity contribution in [3.8, 4) is 5.75 Å². The van der Waals surface area contributed by atoms with Crippen LogP contribution in [0, 0.1) is 0 Å². The van der Waals surface area contributed by atoms with Gasteiger partial charge in [0.2, 0.25) is 0 Å². The zero-order chi connectivity index (χ0) is 19.2. The van der Waals surface area contributed by atoms with Crippen LogP contribution < -0.4 is 10.2 Å². The molecule has 0 radical (unpaired) electrons. The van der Waals surface area contributed by atoms with Crippen molar-refractivity contribution >= 4 is 11.6 Å². The van der Waals surface area contributed by atoms with Crippen LogP contribution in [-0.2, 0) is 0 Å². The Labute approximate surface area is 163 Å². The summed E-state index contributed by atoms with van der Waals surface area (Å²) in [6.07, 6.45) is 0. The molecule has 1 unspecified atom stereocenters. The molecule has 2 N–H and O–H groups in total. The summed E-state index contributed by atoms with van der Waals surface area (Å²) in [5, 5.41) is 13.6. The molecule has 0 aliphatic carbocycles. The fraction of sp³-hybridized carbons (Fsp3) is 0.650. The number of aliphatic imine (C=N–C) groups is 1. The first kappa shape index (κ1) is 19.8. The van der Waals surface area contributed by atoms with Crippen molar-refractivity contribution < 1.29 is 5.11 Å². The highest BCUT2D eigenvalue weighted by atomic mass is 16.3. The van der Waals surface area contributed by atoms with Gasteiger partial charge in [0.05, 0.1) is 12.2 Å². The standard InChI is InChI=1S/C20H34N6O/c1-4-21-20(22-15-17-16-23(2)9-10-24(17)3)26-13-11-25(12-14-26)18-7-5-6-8-19(18)27/h5-8,17,27H,4,9-16H2,1-3H3,(H,21,22). The smallest absolute Gasteiger partial charge is 0.194 e. The van der Waals surface area contributed by atoms with Crippen molar-refractivity contribution in [1.29, 1.82) is 0 Å². The fourth-order valence-corrected chi connectivity index (χ4v) is 3.81. The van der Waals surface area contributed by atoms with E-state index in [1.165, 1.54) is 0 Å². The van der Waals surface area contributed by atoms with E-state index in [9.17, 15) is 5.11 Å². The third kappa shape index (κ3) is 5.05. The zero-order valence-electron chi connectivity index (χ0n) is 16.9. The van der Waals surface area contributed by atoms with E-state index in [2.05, 4.69) is 45.9 Å². The molecule has 3 rings (SSSR count). The highest BCUT2D eigenvalue weighted by molar-refractivity contribution is 5.80. The van der Waals surface area contributed by atoms with E-state index < -0.39 is 0 Å². The van der Waals surface area contributed by atoms with Gasteiger partial charge in [0.25, 0.3) is 0 Å². The lowest BCUT2D eigenvalue weighted by molar-refractivity contribution is 0.119. The number of benzene rings is 1. The van der Waals surface area contributed by atoms with Crippen LogP contribution in [-0.4, -0.2) is 105 Å². The van der Waals surface area contributed by atoms with Crippen LogP contribution >= 0.6 is 0 Å². The summed E-state index contributed by atoms with van der Waals surface area (Å²) in [6.45, 7) is 10.7. The summed E-state index contributed by atoms with van der Waals surface area (Å²) in [7, 11) is 4.39. The highest BCUT2D eigenvalue weighted by Gasteiger charge is 2.24. The number of nitrogens with zero attached hydrogens (tertiary/aromatic N) is 5. The van der Waals surface area contributed by atoms with Gasteiger partial charge < -0.3 is 25.1 Å². The quantitative estimate of drug-likeness (QED) is 0.599. The molecule has 1 aromatic carbocycles. The number of anilines is 1. The molecular weight excluding hydrogens is 340 g/mol. The number of hydrogen-bond donors (Lipinski definition) is 2. The van der Waals surface area contributed by atoms with Gasteiger partial charge in [-0.1, -0.05) is 12.1 Å². The number of phenolic OH excluding ortho intramolecular Hbond substituents is 1. The van der Waals surface area contributed by atoms with Crippen LogP contribution in [0.15, 0.2) is 29.3 Å². The van der Waals surface area contributed by atoms with E-state index in [1.54, 1.807) is 6.07 Å². The largest absolute Gasteiger partial charge is 0.506 e. The Hall–Kier alpha value is -1.99. The Morgan fingerprint density at radius 1 is 1.11 bits per heavy atom. The van der Waals surface area contributed by atoms with E-state index in [1.807, 2.05) is 18.2 Å². The maximum absolute atomic E-state index is 10.1. The normalized spacial score (nSPS) is 22.9. The van der Waals surface area contributed by atoms with Gasteiger partial charge in [-0.2, -0.15) is 0 Å². The van der Waals surface area contributed by atoms with Gasteiger partial charge in [-0.3, -0.25) is 9.89 Å². The molecule has 150 valence electrons. The molecule has 0 spiro atoms. The molecule has 2 aliphatic rings. The highest BCUT2D eigenvalue weighted by Crippen LogP contribution is 2.27. The number of nitrogens with one attached hydrogen (secondary N) is 1. The van der Waals surface area contributed by atoms with Gasteiger partial charge in [-0.05, 0) is 33.2 Å². The first-order valence-electron chi connectivity index (χ1n) is 10.0. The van der Waals surface area contributed by atoms with E-state index in [4.69, 9.17) is 4.99 Å². The predicted molar refractivity (Wildman–Crippen MR) is 112 cm³/mol. The SMILES string of the molecule is CCNC(=NCC1CN(C)CCN1C)N1CCN(c2ccccc2O)CC1. The second-order valence-corrected chi connectivity index (χ2v) is 7.55. The minimum Gasteiger partial charge on any atom is -0.506 e. The third-order valence-corrected chi connectivity index (χ3v) is 5.57. The Morgan fingerprint density at radius 2 is 1.85 bits per heavy atom. The number of likely N-dealkylation sites (N-methyl/N-ethyl adjacent to an activating group) is 2. The van der Waals surface area contributed by atoms with Crippen molar-refractivity contribution in [2.24, 2.45) is 4.99 Å². The lowest BCUT2D eigenvalue weighted by Crippen LogP contribution is -2.54. The van der Waals surface area contributed by atoms with Gasteiger partial charge in [0, 0.05) is 58.4 Å². The topological polar surface area (TPSA) is 57.6 Å². The van der Waals surface area contributed by atoms with Gasteiger partial charge in [0.15, 0.2) is 5.96 Å². The van der Waals surface area contributed by atoms with Gasteiger partial charge in [-0.15, -0.1) is 0 Å². The van der Waals surface area contributed by atoms with Crippen LogP contribution in [0.1, 0.15) is 6.92 Å². The molecule has 27 heavy (non-hydrogen) atoms. The van der Waals surface area contributed by atoms with E-state index in [-0.39, 0.29) is 0 Å². The second-order valence-electron chi connectivity index (χ2n) is 7.55. The predicted octanol–water partition coefficient (Wildman–Crippen LogP) is 0.726. The van der Waals surface area contributed by atoms with E-state index >= 15 is 0 Å². The minimum atomic E-state index is 0.357. The van der Waals surface area contributed by atoms with Gasteiger partial charge in [0.1, 0.15) is 5.75 Å². The first-order valence-corrected chi connectivity index (χ1v) is 10.0. The van der Waals surface area contributed by atoms with Crippen LogP contribution in [0.4, 0.5) is 5.69 Å². The molecule has 0 aromatic heterocycles. The summed E-state index contributed by atoms with van der Waals surface area (Å²) < 4.78 is 0. The number of hydrogen-bond acceptors (Lipinski definition) is 5. The Bertz CT molecular complexity index is 629. The van der Waals surface area contributed by atoms with Crippen molar-refractivity contribution in [3.63, 3.8) is 0 Å². The van der Waals surface area contributed by atoms with E-state index in [0.29, 0.717) is 11.8 Å². The molecular formula is C20H34N6O. The molecule has 7 nitrogen and oxygen atoms in total. The summed E-state index contributed by atoms with van der Waals surface area (Å²) in [5.74, 6) is 1.37. The zero-order valence-corrected chi connectivity index (χ0v) is 16.9. The Kier molecular flexibility index (Phi) is 6.79. The van der Waals surface area contributed by atoms with E-state index in [0.717, 1.165) is 70.5 Å². The average Bonchev–Trinajstić information content (AvgIpc) is 2.68. The lowest BCUT2D eigenvalue weighted by atomic mass is 10.2. The number of rotatable bonds is 4. The molecule has 2 aliphatic heterocycles. The molecule has 2 fully saturated rings. The van der Waals surface area contributed by atoms with Crippen molar-refractivity contribution in [3.05, 3.63) is 24.3 Å². The minimum absolute atomic E-state index is 0.357. The van der Waals surface area contributed by atoms with Crippen LogP contribution in [0.3, 0.4) is 0 Å². The molecule has 0 saturated carbocycles. The first-order chi connectivity index (χ1) is 13.1. The molecule has 1 aromatic rings. The summed E-state index contributed by atoms with van der Waals surface area (Å²) in [4.78, 5) is 14.4. The van der Waals surface area contributed by atoms with Gasteiger partial charge >= 0.3 is 0 Å². The van der Waals surface area contributed by atoms with Crippen molar-refractivity contribution in [1.82, 2.24) is 20.0 Å². The van der Waals surface area contributed by atoms with Crippen LogP contribution in [0.5, 0.6) is 5.75 Å². The second kappa shape index (κ2) is 9.28. The molecule has 2 saturated heterocycles. The summed E-state index contributed by atoms with van der Waals surface area (Å²) in [6, 6.07) is 8.06. The molecule has 2 heterocycles. The monoisotopic (exact) mass is 374 g/mol. The molecule has 0 amide bonds. The number of piperazine rings is 2. The van der Waals surface area contributed by atoms with Crippen LogP contribution in [0.2, 0.25) is 0 Å². The lowest BCUT2D eigenvalue weighted by Gasteiger charge is -2.39. The third-order valence-electron chi connectivity index (χ3n) is 5.57. The summed E-state index contributed by atoms with van der Waals surface area (Å²) in [5.41, 5.74) is 0.922. The summed E-state index contributed by atoms with van der Waals surface area (Å²) >= 11 is 0. The Morgan fingerprint density at radius 3 is 2.56 bits per heavy atom. The number of para-hydroxylation sites is 2.